The maximum absolute atomic E-state index is 5.54. The highest BCUT2D eigenvalue weighted by Gasteiger charge is 2.29. The maximum atomic E-state index is 5.54. The van der Waals surface area contributed by atoms with Crippen molar-refractivity contribution in [1.29, 1.82) is 0 Å². The molecule has 1 saturated heterocycles. The van der Waals surface area contributed by atoms with Crippen LogP contribution in [-0.2, 0) is 0 Å². The Bertz CT molecular complexity index is 962. The summed E-state index contributed by atoms with van der Waals surface area (Å²) in [4.78, 5) is 14.6. The summed E-state index contributed by atoms with van der Waals surface area (Å²) in [6.07, 6.45) is 2.44. The number of anilines is 2. The molecule has 1 saturated carbocycles. The Hall–Kier alpha value is -2.82. The highest BCUT2D eigenvalue weighted by atomic mass is 16.5. The lowest BCUT2D eigenvalue weighted by molar-refractivity contribution is 0.413. The van der Waals surface area contributed by atoms with Crippen LogP contribution in [0.2, 0.25) is 0 Å². The van der Waals surface area contributed by atoms with E-state index in [-0.39, 0.29) is 0 Å². The second kappa shape index (κ2) is 8.68. The van der Waals surface area contributed by atoms with E-state index in [0.717, 1.165) is 54.5 Å². The van der Waals surface area contributed by atoms with Crippen molar-refractivity contribution in [3.8, 4) is 5.75 Å². The van der Waals surface area contributed by atoms with Crippen molar-refractivity contribution in [2.24, 2.45) is 0 Å². The molecule has 0 N–H and O–H groups in total. The van der Waals surface area contributed by atoms with Crippen LogP contribution in [-0.4, -0.2) is 43.3 Å². The molecule has 29 heavy (non-hydrogen) atoms. The number of para-hydroxylation sites is 3. The zero-order valence-corrected chi connectivity index (χ0v) is 17.6. The minimum Gasteiger partial charge on any atom is -0.495 e. The fourth-order valence-corrected chi connectivity index (χ4v) is 3.89. The van der Waals surface area contributed by atoms with Gasteiger partial charge in [-0.2, -0.15) is 0 Å². The average molecular weight is 391 g/mol. The first-order valence-electron chi connectivity index (χ1n) is 10.7. The lowest BCUT2D eigenvalue weighted by atomic mass is 10.2. The fraction of sp³-hybridized carbons (Fsp3) is 0.417. The second-order valence-electron chi connectivity index (χ2n) is 7.34. The maximum Gasteiger partial charge on any atom is 0.142 e. The Kier molecular flexibility index (Phi) is 5.84. The van der Waals surface area contributed by atoms with Crippen molar-refractivity contribution in [3.05, 3.63) is 54.4 Å². The van der Waals surface area contributed by atoms with Crippen LogP contribution in [0.1, 0.15) is 38.4 Å². The number of fused-ring (bicyclic) bond motifs is 1. The molecular weight excluding hydrogens is 360 g/mol. The van der Waals surface area contributed by atoms with Gasteiger partial charge in [-0.05, 0) is 37.1 Å². The second-order valence-corrected chi connectivity index (χ2v) is 7.34. The van der Waals surface area contributed by atoms with Gasteiger partial charge in [0.1, 0.15) is 17.4 Å². The molecule has 5 rings (SSSR count). The molecule has 2 fully saturated rings. The molecule has 0 unspecified atom stereocenters. The highest BCUT2D eigenvalue weighted by molar-refractivity contribution is 5.89. The normalized spacial score (nSPS) is 16.4. The number of rotatable bonds is 4. The van der Waals surface area contributed by atoms with Crippen molar-refractivity contribution in [3.63, 3.8) is 0 Å². The quantitative estimate of drug-likeness (QED) is 0.636. The molecule has 1 aromatic heterocycles. The van der Waals surface area contributed by atoms with Gasteiger partial charge in [0.2, 0.25) is 0 Å². The van der Waals surface area contributed by atoms with Crippen LogP contribution in [0.4, 0.5) is 11.5 Å². The van der Waals surface area contributed by atoms with Crippen LogP contribution in [0.3, 0.4) is 0 Å². The van der Waals surface area contributed by atoms with E-state index in [0.29, 0.717) is 5.92 Å². The average Bonchev–Trinajstić information content (AvgIpc) is 3.65. The summed E-state index contributed by atoms with van der Waals surface area (Å²) in [5.41, 5.74) is 2.24. The molecule has 2 heterocycles. The SMILES string of the molecule is CC.COc1ccccc1N1CCN(c2nc(C3CC3)nc3ccccc23)CC1. The van der Waals surface area contributed by atoms with Crippen molar-refractivity contribution in [1.82, 2.24) is 9.97 Å². The highest BCUT2D eigenvalue weighted by Crippen LogP contribution is 2.40. The number of piperazine rings is 1. The first-order valence-corrected chi connectivity index (χ1v) is 10.7. The Morgan fingerprint density at radius 2 is 1.48 bits per heavy atom. The van der Waals surface area contributed by atoms with Crippen LogP contribution >= 0.6 is 0 Å². The van der Waals surface area contributed by atoms with Gasteiger partial charge >= 0.3 is 0 Å². The smallest absolute Gasteiger partial charge is 0.142 e. The lowest BCUT2D eigenvalue weighted by Crippen LogP contribution is -2.47. The summed E-state index contributed by atoms with van der Waals surface area (Å²) in [5, 5.41) is 1.16. The molecule has 5 heteroatoms. The summed E-state index contributed by atoms with van der Waals surface area (Å²) in [6, 6.07) is 16.7. The summed E-state index contributed by atoms with van der Waals surface area (Å²) in [7, 11) is 1.74. The van der Waals surface area contributed by atoms with Gasteiger partial charge in [-0.3, -0.25) is 0 Å². The Balaban J connectivity index is 0.000000994. The van der Waals surface area contributed by atoms with Crippen LogP contribution < -0.4 is 14.5 Å². The van der Waals surface area contributed by atoms with Crippen molar-refractivity contribution >= 4 is 22.4 Å². The van der Waals surface area contributed by atoms with E-state index in [9.17, 15) is 0 Å². The minimum atomic E-state index is 0.559. The number of aromatic nitrogens is 2. The molecule has 5 nitrogen and oxygen atoms in total. The van der Waals surface area contributed by atoms with Gasteiger partial charge in [-0.25, -0.2) is 9.97 Å². The van der Waals surface area contributed by atoms with Gasteiger partial charge in [0, 0.05) is 37.5 Å². The lowest BCUT2D eigenvalue weighted by Gasteiger charge is -2.37. The van der Waals surface area contributed by atoms with Gasteiger partial charge in [-0.15, -0.1) is 0 Å². The molecule has 0 atom stereocenters. The largest absolute Gasteiger partial charge is 0.495 e. The minimum absolute atomic E-state index is 0.559. The predicted molar refractivity (Wildman–Crippen MR) is 120 cm³/mol. The zero-order valence-electron chi connectivity index (χ0n) is 17.6. The number of ether oxygens (including phenoxy) is 1. The van der Waals surface area contributed by atoms with Crippen LogP contribution in [0.25, 0.3) is 10.9 Å². The first-order chi connectivity index (χ1) is 14.3. The molecule has 0 bridgehead atoms. The number of benzene rings is 2. The summed E-state index contributed by atoms with van der Waals surface area (Å²) >= 11 is 0. The number of nitrogens with zero attached hydrogens (tertiary/aromatic N) is 4. The Morgan fingerprint density at radius 1 is 0.828 bits per heavy atom. The van der Waals surface area contributed by atoms with E-state index < -0.39 is 0 Å². The third-order valence-corrected chi connectivity index (χ3v) is 5.55. The van der Waals surface area contributed by atoms with E-state index in [1.54, 1.807) is 7.11 Å². The van der Waals surface area contributed by atoms with Gasteiger partial charge in [-0.1, -0.05) is 38.1 Å². The van der Waals surface area contributed by atoms with Crippen LogP contribution in [0, 0.1) is 0 Å². The van der Waals surface area contributed by atoms with Crippen LogP contribution in [0.15, 0.2) is 48.5 Å². The standard InChI is InChI=1S/C22H24N4O.C2H6/c1-27-20-9-5-4-8-19(20)25-12-14-26(15-13-25)22-17-6-2-3-7-18(17)23-21(24-22)16-10-11-16;1-2/h2-9,16H,10-15H2,1H3;1-2H3. The Morgan fingerprint density at radius 3 is 2.21 bits per heavy atom. The topological polar surface area (TPSA) is 41.5 Å². The van der Waals surface area contributed by atoms with Crippen molar-refractivity contribution in [2.75, 3.05) is 43.1 Å². The van der Waals surface area contributed by atoms with E-state index in [4.69, 9.17) is 14.7 Å². The van der Waals surface area contributed by atoms with Gasteiger partial charge in [0.25, 0.3) is 0 Å². The van der Waals surface area contributed by atoms with Crippen LogP contribution in [0.5, 0.6) is 5.75 Å². The summed E-state index contributed by atoms with van der Waals surface area (Å²) in [5.74, 6) is 3.62. The van der Waals surface area contributed by atoms with E-state index in [1.807, 2.05) is 26.0 Å². The number of methoxy groups -OCH3 is 1. The predicted octanol–water partition coefficient (Wildman–Crippen LogP) is 4.87. The van der Waals surface area contributed by atoms with Gasteiger partial charge < -0.3 is 14.5 Å². The third kappa shape index (κ3) is 4.00. The first kappa shape index (κ1) is 19.5. The van der Waals surface area contributed by atoms with E-state index in [2.05, 4.69) is 46.2 Å². The molecule has 0 spiro atoms. The molecule has 1 aliphatic carbocycles. The van der Waals surface area contributed by atoms with Crippen molar-refractivity contribution < 1.29 is 4.74 Å². The third-order valence-electron chi connectivity index (χ3n) is 5.55. The molecule has 0 radical (unpaired) electrons. The molecule has 1 aliphatic heterocycles. The van der Waals surface area contributed by atoms with Gasteiger partial charge in [0.15, 0.2) is 0 Å². The molecule has 152 valence electrons. The number of hydrogen-bond acceptors (Lipinski definition) is 5. The molecule has 2 aromatic carbocycles. The zero-order chi connectivity index (χ0) is 20.2. The monoisotopic (exact) mass is 390 g/mol. The Labute approximate surface area is 173 Å². The van der Waals surface area contributed by atoms with Crippen molar-refractivity contribution in [2.45, 2.75) is 32.6 Å². The molecule has 0 amide bonds. The fourth-order valence-electron chi connectivity index (χ4n) is 3.89. The number of hydrogen-bond donors (Lipinski definition) is 0. The van der Waals surface area contributed by atoms with E-state index >= 15 is 0 Å². The molecular formula is C24H30N4O. The van der Waals surface area contributed by atoms with Gasteiger partial charge in [0.05, 0.1) is 18.3 Å². The molecule has 3 aromatic rings. The summed E-state index contributed by atoms with van der Waals surface area (Å²) < 4.78 is 5.54. The van der Waals surface area contributed by atoms with E-state index in [1.165, 1.54) is 18.5 Å². The molecule has 2 aliphatic rings. The summed E-state index contributed by atoms with van der Waals surface area (Å²) in [6.45, 7) is 7.81.